The number of amides is 1. The SMILES string of the molecule is CC(C)CCC[C@H](C)[C@@H]1CC[C@@H]2[C@H]3CC=C4C[C@H](OC(=O)NCCO)CC[C@@]4(C)[C@@H]3CC[C@]21C. The highest BCUT2D eigenvalue weighted by atomic mass is 16.6. The Balaban J connectivity index is 1.41. The van der Waals surface area contributed by atoms with Gasteiger partial charge in [-0.2, -0.15) is 0 Å². The van der Waals surface area contributed by atoms with Gasteiger partial charge in [0.05, 0.1) is 6.61 Å². The van der Waals surface area contributed by atoms with Crippen molar-refractivity contribution in [3.8, 4) is 0 Å². The molecule has 4 aliphatic carbocycles. The lowest BCUT2D eigenvalue weighted by molar-refractivity contribution is -0.0581. The van der Waals surface area contributed by atoms with Crippen molar-refractivity contribution in [1.82, 2.24) is 5.32 Å². The fourth-order valence-electron chi connectivity index (χ4n) is 9.10. The van der Waals surface area contributed by atoms with E-state index < -0.39 is 0 Å². The van der Waals surface area contributed by atoms with Crippen LogP contribution in [0, 0.1) is 46.3 Å². The van der Waals surface area contributed by atoms with Crippen molar-refractivity contribution in [1.29, 1.82) is 0 Å². The number of aliphatic hydroxyl groups is 1. The molecule has 0 unspecified atom stereocenters. The summed E-state index contributed by atoms with van der Waals surface area (Å²) in [5.41, 5.74) is 2.37. The van der Waals surface area contributed by atoms with Crippen LogP contribution >= 0.6 is 0 Å². The van der Waals surface area contributed by atoms with Crippen molar-refractivity contribution >= 4 is 6.09 Å². The maximum atomic E-state index is 12.0. The van der Waals surface area contributed by atoms with E-state index in [0.29, 0.717) is 5.41 Å². The first-order valence-electron chi connectivity index (χ1n) is 14.4. The van der Waals surface area contributed by atoms with Gasteiger partial charge >= 0.3 is 6.09 Å². The monoisotopic (exact) mass is 473 g/mol. The van der Waals surface area contributed by atoms with Gasteiger partial charge in [0.25, 0.3) is 0 Å². The second-order valence-electron chi connectivity index (χ2n) is 13.2. The molecule has 0 aromatic heterocycles. The minimum Gasteiger partial charge on any atom is -0.446 e. The lowest BCUT2D eigenvalue weighted by Crippen LogP contribution is -2.51. The maximum absolute atomic E-state index is 12.0. The van der Waals surface area contributed by atoms with E-state index in [9.17, 15) is 4.79 Å². The second kappa shape index (κ2) is 10.5. The van der Waals surface area contributed by atoms with Crippen LogP contribution in [0.15, 0.2) is 11.6 Å². The summed E-state index contributed by atoms with van der Waals surface area (Å²) in [5, 5.41) is 11.6. The number of hydrogen-bond donors (Lipinski definition) is 2. The zero-order valence-electron chi connectivity index (χ0n) is 22.6. The van der Waals surface area contributed by atoms with Crippen molar-refractivity contribution < 1.29 is 14.6 Å². The molecule has 0 aromatic carbocycles. The van der Waals surface area contributed by atoms with Crippen LogP contribution in [0.2, 0.25) is 0 Å². The molecule has 34 heavy (non-hydrogen) atoms. The molecule has 0 bridgehead atoms. The number of carbonyl (C=O) groups is 1. The number of ether oxygens (including phenoxy) is 1. The fourth-order valence-corrected chi connectivity index (χ4v) is 9.10. The summed E-state index contributed by atoms with van der Waals surface area (Å²) in [4.78, 5) is 12.0. The minimum atomic E-state index is -0.384. The summed E-state index contributed by atoms with van der Waals surface area (Å²) in [6.45, 7) is 12.7. The molecule has 1 amide bonds. The smallest absolute Gasteiger partial charge is 0.407 e. The van der Waals surface area contributed by atoms with E-state index >= 15 is 0 Å². The Morgan fingerprint density at radius 3 is 2.65 bits per heavy atom. The third kappa shape index (κ3) is 4.95. The molecule has 0 aliphatic heterocycles. The Morgan fingerprint density at radius 1 is 1.12 bits per heavy atom. The summed E-state index contributed by atoms with van der Waals surface area (Å²) in [6.07, 6.45) is 16.2. The van der Waals surface area contributed by atoms with Gasteiger partial charge in [0.2, 0.25) is 0 Å². The summed E-state index contributed by atoms with van der Waals surface area (Å²) >= 11 is 0. The zero-order chi connectivity index (χ0) is 24.5. The number of allylic oxidation sites excluding steroid dienone is 1. The number of fused-ring (bicyclic) bond motifs is 5. The van der Waals surface area contributed by atoms with Gasteiger partial charge in [0.15, 0.2) is 0 Å². The molecule has 0 spiro atoms. The molecule has 0 heterocycles. The minimum absolute atomic E-state index is 0.0222. The Labute approximate surface area is 208 Å². The largest absolute Gasteiger partial charge is 0.446 e. The van der Waals surface area contributed by atoms with Crippen LogP contribution in [0.4, 0.5) is 4.79 Å². The average molecular weight is 474 g/mol. The Morgan fingerprint density at radius 2 is 1.91 bits per heavy atom. The van der Waals surface area contributed by atoms with Gasteiger partial charge in [0.1, 0.15) is 6.10 Å². The van der Waals surface area contributed by atoms with E-state index in [1.807, 2.05) is 0 Å². The predicted octanol–water partition coefficient (Wildman–Crippen LogP) is 7.11. The Kier molecular flexibility index (Phi) is 8.06. The standard InChI is InChI=1S/C30H51NO3/c1-20(2)7-6-8-21(3)25-11-12-26-24-10-9-22-19-23(34-28(33)31-17-18-32)13-15-29(22,4)27(24)14-16-30(25,26)5/h9,20-21,23-27,32H,6-8,10-19H2,1-5H3,(H,31,33)/t21-,23+,24+,25-,26+,27+,29+,30-/m0/s1. The lowest BCUT2D eigenvalue weighted by atomic mass is 9.47. The molecule has 194 valence electrons. The van der Waals surface area contributed by atoms with E-state index in [2.05, 4.69) is 46.0 Å². The molecule has 0 radical (unpaired) electrons. The van der Waals surface area contributed by atoms with Gasteiger partial charge in [-0.1, -0.05) is 65.5 Å². The molecule has 8 atom stereocenters. The van der Waals surface area contributed by atoms with E-state index in [0.717, 1.165) is 54.8 Å². The third-order valence-electron chi connectivity index (χ3n) is 10.9. The van der Waals surface area contributed by atoms with E-state index in [-0.39, 0.29) is 30.8 Å². The zero-order valence-corrected chi connectivity index (χ0v) is 22.6. The molecule has 2 N–H and O–H groups in total. The lowest BCUT2D eigenvalue weighted by Gasteiger charge is -2.58. The van der Waals surface area contributed by atoms with E-state index in [4.69, 9.17) is 9.84 Å². The molecule has 3 fully saturated rings. The van der Waals surface area contributed by atoms with Gasteiger partial charge in [-0.3, -0.25) is 0 Å². The molecule has 4 heteroatoms. The molecule has 4 aliphatic rings. The molecule has 0 saturated heterocycles. The summed E-state index contributed by atoms with van der Waals surface area (Å²) < 4.78 is 5.69. The molecule has 0 aromatic rings. The second-order valence-corrected chi connectivity index (χ2v) is 13.2. The molecular formula is C30H51NO3. The number of aliphatic hydroxyl groups excluding tert-OH is 1. The van der Waals surface area contributed by atoms with E-state index in [1.54, 1.807) is 5.57 Å². The van der Waals surface area contributed by atoms with Gasteiger partial charge in [-0.25, -0.2) is 4.79 Å². The van der Waals surface area contributed by atoms with Crippen molar-refractivity contribution in [3.05, 3.63) is 11.6 Å². The van der Waals surface area contributed by atoms with Crippen LogP contribution in [0.5, 0.6) is 0 Å². The normalized spacial score (nSPS) is 40.1. The number of carbonyl (C=O) groups excluding carboxylic acids is 1. The van der Waals surface area contributed by atoms with Crippen LogP contribution < -0.4 is 5.32 Å². The van der Waals surface area contributed by atoms with Gasteiger partial charge < -0.3 is 15.2 Å². The van der Waals surface area contributed by atoms with Crippen molar-refractivity contribution in [3.63, 3.8) is 0 Å². The van der Waals surface area contributed by atoms with Crippen LogP contribution in [0.25, 0.3) is 0 Å². The number of rotatable bonds is 8. The van der Waals surface area contributed by atoms with Crippen LogP contribution in [0.3, 0.4) is 0 Å². The van der Waals surface area contributed by atoms with Crippen LogP contribution in [0.1, 0.15) is 105 Å². The Hall–Kier alpha value is -1.03. The first-order valence-corrected chi connectivity index (χ1v) is 14.4. The van der Waals surface area contributed by atoms with Crippen LogP contribution in [-0.4, -0.2) is 30.5 Å². The highest BCUT2D eigenvalue weighted by molar-refractivity contribution is 5.67. The predicted molar refractivity (Wildman–Crippen MR) is 138 cm³/mol. The highest BCUT2D eigenvalue weighted by Crippen LogP contribution is 2.67. The molecular weight excluding hydrogens is 422 g/mol. The van der Waals surface area contributed by atoms with Crippen molar-refractivity contribution in [2.24, 2.45) is 46.3 Å². The summed E-state index contributed by atoms with van der Waals surface area (Å²) in [7, 11) is 0. The number of alkyl carbamates (subject to hydrolysis) is 1. The number of hydrogen-bond acceptors (Lipinski definition) is 3. The fraction of sp³-hybridized carbons (Fsp3) is 0.900. The maximum Gasteiger partial charge on any atom is 0.407 e. The summed E-state index contributed by atoms with van der Waals surface area (Å²) in [6, 6.07) is 0. The number of nitrogens with one attached hydrogen (secondary N) is 1. The van der Waals surface area contributed by atoms with Gasteiger partial charge in [-0.15, -0.1) is 0 Å². The quantitative estimate of drug-likeness (QED) is 0.369. The van der Waals surface area contributed by atoms with Gasteiger partial charge in [-0.05, 0) is 91.3 Å². The van der Waals surface area contributed by atoms with Crippen molar-refractivity contribution in [2.45, 2.75) is 111 Å². The average Bonchev–Trinajstić information content (AvgIpc) is 3.15. The van der Waals surface area contributed by atoms with Crippen LogP contribution in [-0.2, 0) is 4.74 Å². The topological polar surface area (TPSA) is 58.6 Å². The summed E-state index contributed by atoms with van der Waals surface area (Å²) in [5.74, 6) is 5.12. The highest BCUT2D eigenvalue weighted by Gasteiger charge is 2.59. The molecule has 4 rings (SSSR count). The third-order valence-corrected chi connectivity index (χ3v) is 10.9. The molecule has 4 nitrogen and oxygen atoms in total. The Bertz CT molecular complexity index is 747. The molecule has 3 saturated carbocycles. The first-order chi connectivity index (χ1) is 16.2. The van der Waals surface area contributed by atoms with E-state index in [1.165, 1.54) is 51.4 Å². The van der Waals surface area contributed by atoms with Crippen molar-refractivity contribution in [2.75, 3.05) is 13.2 Å². The first kappa shape index (κ1) is 26.0. The van der Waals surface area contributed by atoms with Gasteiger partial charge in [0, 0.05) is 13.0 Å².